The van der Waals surface area contributed by atoms with E-state index in [1.165, 1.54) is 0 Å². The van der Waals surface area contributed by atoms with Crippen LogP contribution in [0.2, 0.25) is 0 Å². The normalized spacial score (nSPS) is 17.9. The highest BCUT2D eigenvalue weighted by Gasteiger charge is 2.20. The Kier molecular flexibility index (Phi) is 7.73. The first kappa shape index (κ1) is 19.2. The predicted octanol–water partition coefficient (Wildman–Crippen LogP) is 2.40. The van der Waals surface area contributed by atoms with Crippen molar-refractivity contribution in [3.8, 4) is 5.75 Å². The van der Waals surface area contributed by atoms with Gasteiger partial charge in [0.05, 0.1) is 18.6 Å². The van der Waals surface area contributed by atoms with Gasteiger partial charge < -0.3 is 19.9 Å². The Morgan fingerprint density at radius 3 is 2.72 bits per heavy atom. The summed E-state index contributed by atoms with van der Waals surface area (Å²) < 4.78 is 10.9. The van der Waals surface area contributed by atoms with Crippen molar-refractivity contribution >= 4 is 11.9 Å². The number of aliphatic carboxylic acids is 1. The zero-order valence-electron chi connectivity index (χ0n) is 14.7. The summed E-state index contributed by atoms with van der Waals surface area (Å²) >= 11 is 0. The van der Waals surface area contributed by atoms with Crippen molar-refractivity contribution in [1.82, 2.24) is 5.32 Å². The molecule has 1 saturated heterocycles. The van der Waals surface area contributed by atoms with Gasteiger partial charge in [-0.3, -0.25) is 9.59 Å². The molecule has 1 amide bonds. The number of nitrogens with one attached hydrogen (secondary N) is 1. The van der Waals surface area contributed by atoms with Gasteiger partial charge in [-0.05, 0) is 50.3 Å². The largest absolute Gasteiger partial charge is 0.494 e. The molecule has 0 aliphatic carbocycles. The molecule has 0 saturated carbocycles. The molecule has 6 nitrogen and oxygen atoms in total. The predicted molar refractivity (Wildman–Crippen MR) is 93.7 cm³/mol. The first-order chi connectivity index (χ1) is 12.1. The Labute approximate surface area is 148 Å². The van der Waals surface area contributed by atoms with Crippen LogP contribution in [0.5, 0.6) is 5.75 Å². The third-order valence-corrected chi connectivity index (χ3v) is 4.33. The van der Waals surface area contributed by atoms with Crippen LogP contribution in [0.4, 0.5) is 0 Å². The zero-order chi connectivity index (χ0) is 18.1. The summed E-state index contributed by atoms with van der Waals surface area (Å²) in [6, 6.07) is 7.39. The van der Waals surface area contributed by atoms with Crippen molar-refractivity contribution < 1.29 is 24.2 Å². The number of carbonyl (C=O) groups excluding carboxylic acids is 1. The van der Waals surface area contributed by atoms with Crippen LogP contribution in [0.25, 0.3) is 0 Å². The van der Waals surface area contributed by atoms with Crippen LogP contribution in [0.15, 0.2) is 24.3 Å². The molecular weight excluding hydrogens is 322 g/mol. The molecule has 1 aliphatic heterocycles. The molecule has 1 aromatic carbocycles. The molecular formula is C19H27NO5. The molecule has 1 heterocycles. The van der Waals surface area contributed by atoms with Crippen LogP contribution in [0.1, 0.15) is 38.2 Å². The standard InChI is InChI=1S/C19H27NO5/c1-2-24-17-7-5-14(6-8-17)12-15(19(22)23)13-20-18(21)10-9-16-4-3-11-25-16/h5-8,15-16H,2-4,9-13H2,1H3,(H,20,21)(H,22,23). The lowest BCUT2D eigenvalue weighted by Gasteiger charge is -2.15. The number of benzene rings is 1. The summed E-state index contributed by atoms with van der Waals surface area (Å²) in [4.78, 5) is 23.4. The number of ether oxygens (including phenoxy) is 2. The SMILES string of the molecule is CCOc1ccc(CC(CNC(=O)CCC2CCCO2)C(=O)O)cc1. The molecule has 0 aromatic heterocycles. The molecule has 6 heteroatoms. The minimum absolute atomic E-state index is 0.117. The Bertz CT molecular complexity index is 551. The number of carboxylic acids is 1. The van der Waals surface area contributed by atoms with E-state index in [0.29, 0.717) is 25.9 Å². The fraction of sp³-hybridized carbons (Fsp3) is 0.579. The lowest BCUT2D eigenvalue weighted by Crippen LogP contribution is -2.34. The number of carbonyl (C=O) groups is 2. The van der Waals surface area contributed by atoms with E-state index in [1.54, 1.807) is 0 Å². The number of amides is 1. The van der Waals surface area contributed by atoms with E-state index in [9.17, 15) is 14.7 Å². The fourth-order valence-corrected chi connectivity index (χ4v) is 2.91. The second kappa shape index (κ2) is 10.0. The van der Waals surface area contributed by atoms with Crippen molar-refractivity contribution in [2.75, 3.05) is 19.8 Å². The average Bonchev–Trinajstić information content (AvgIpc) is 3.11. The lowest BCUT2D eigenvalue weighted by molar-refractivity contribution is -0.141. The van der Waals surface area contributed by atoms with Crippen LogP contribution in [0, 0.1) is 5.92 Å². The van der Waals surface area contributed by atoms with Gasteiger partial charge in [-0.15, -0.1) is 0 Å². The van der Waals surface area contributed by atoms with E-state index in [0.717, 1.165) is 30.8 Å². The first-order valence-corrected chi connectivity index (χ1v) is 8.91. The highest BCUT2D eigenvalue weighted by molar-refractivity contribution is 5.77. The fourth-order valence-electron chi connectivity index (χ4n) is 2.91. The van der Waals surface area contributed by atoms with E-state index in [1.807, 2.05) is 31.2 Å². The summed E-state index contributed by atoms with van der Waals surface area (Å²) in [5.41, 5.74) is 0.907. The number of rotatable bonds is 10. The third kappa shape index (κ3) is 6.74. The van der Waals surface area contributed by atoms with E-state index in [-0.39, 0.29) is 18.6 Å². The second-order valence-electron chi connectivity index (χ2n) is 6.29. The molecule has 1 fully saturated rings. The lowest BCUT2D eigenvalue weighted by atomic mass is 9.99. The van der Waals surface area contributed by atoms with Crippen LogP contribution < -0.4 is 10.1 Å². The van der Waals surface area contributed by atoms with Gasteiger partial charge in [-0.2, -0.15) is 0 Å². The molecule has 0 radical (unpaired) electrons. The van der Waals surface area contributed by atoms with E-state index in [2.05, 4.69) is 5.32 Å². The van der Waals surface area contributed by atoms with Gasteiger partial charge in [0.25, 0.3) is 0 Å². The maximum absolute atomic E-state index is 11.9. The average molecular weight is 349 g/mol. The monoisotopic (exact) mass is 349 g/mol. The topological polar surface area (TPSA) is 84.9 Å². The third-order valence-electron chi connectivity index (χ3n) is 4.33. The van der Waals surface area contributed by atoms with E-state index in [4.69, 9.17) is 9.47 Å². The van der Waals surface area contributed by atoms with E-state index < -0.39 is 11.9 Å². The Morgan fingerprint density at radius 1 is 1.36 bits per heavy atom. The number of carboxylic acid groups (broad SMARTS) is 1. The number of hydrogen-bond donors (Lipinski definition) is 2. The molecule has 2 rings (SSSR count). The van der Waals surface area contributed by atoms with Gasteiger partial charge in [0.2, 0.25) is 5.91 Å². The summed E-state index contributed by atoms with van der Waals surface area (Å²) in [5.74, 6) is -0.910. The van der Waals surface area contributed by atoms with Gasteiger partial charge in [0.1, 0.15) is 5.75 Å². The van der Waals surface area contributed by atoms with Gasteiger partial charge >= 0.3 is 5.97 Å². The molecule has 0 spiro atoms. The number of hydrogen-bond acceptors (Lipinski definition) is 4. The van der Waals surface area contributed by atoms with Crippen molar-refractivity contribution in [3.63, 3.8) is 0 Å². The zero-order valence-corrected chi connectivity index (χ0v) is 14.7. The van der Waals surface area contributed by atoms with Crippen molar-refractivity contribution in [2.45, 2.75) is 45.1 Å². The van der Waals surface area contributed by atoms with Gasteiger partial charge in [-0.25, -0.2) is 0 Å². The smallest absolute Gasteiger partial charge is 0.308 e. The Balaban J connectivity index is 1.77. The van der Waals surface area contributed by atoms with Crippen LogP contribution in [-0.4, -0.2) is 42.8 Å². The van der Waals surface area contributed by atoms with Crippen LogP contribution in [-0.2, 0) is 20.7 Å². The quantitative estimate of drug-likeness (QED) is 0.677. The molecule has 138 valence electrons. The molecule has 2 unspecified atom stereocenters. The van der Waals surface area contributed by atoms with Crippen molar-refractivity contribution in [2.24, 2.45) is 5.92 Å². The second-order valence-corrected chi connectivity index (χ2v) is 6.29. The van der Waals surface area contributed by atoms with Gasteiger partial charge in [-0.1, -0.05) is 12.1 Å². The highest BCUT2D eigenvalue weighted by Crippen LogP contribution is 2.17. The van der Waals surface area contributed by atoms with Crippen molar-refractivity contribution in [3.05, 3.63) is 29.8 Å². The van der Waals surface area contributed by atoms with E-state index >= 15 is 0 Å². The molecule has 0 bridgehead atoms. The summed E-state index contributed by atoms with van der Waals surface area (Å²) in [6.07, 6.45) is 3.67. The molecule has 25 heavy (non-hydrogen) atoms. The maximum Gasteiger partial charge on any atom is 0.308 e. The molecule has 2 atom stereocenters. The molecule has 1 aromatic rings. The highest BCUT2D eigenvalue weighted by atomic mass is 16.5. The minimum atomic E-state index is -0.909. The first-order valence-electron chi connectivity index (χ1n) is 8.91. The minimum Gasteiger partial charge on any atom is -0.494 e. The van der Waals surface area contributed by atoms with Crippen LogP contribution >= 0.6 is 0 Å². The van der Waals surface area contributed by atoms with Crippen LogP contribution in [0.3, 0.4) is 0 Å². The maximum atomic E-state index is 11.9. The summed E-state index contributed by atoms with van der Waals surface area (Å²) in [7, 11) is 0. The van der Waals surface area contributed by atoms with Crippen molar-refractivity contribution in [1.29, 1.82) is 0 Å². The molecule has 1 aliphatic rings. The molecule has 2 N–H and O–H groups in total. The van der Waals surface area contributed by atoms with Gasteiger partial charge in [0, 0.05) is 19.6 Å². The van der Waals surface area contributed by atoms with Gasteiger partial charge in [0.15, 0.2) is 0 Å². The Hall–Kier alpha value is -2.08. The summed E-state index contributed by atoms with van der Waals surface area (Å²) in [5, 5.41) is 12.1. The Morgan fingerprint density at radius 2 is 2.12 bits per heavy atom. The summed E-state index contributed by atoms with van der Waals surface area (Å²) in [6.45, 7) is 3.41.